The molecule has 1 saturated heterocycles. The minimum atomic E-state index is -0.917. The van der Waals surface area contributed by atoms with Gasteiger partial charge < -0.3 is 15.3 Å². The summed E-state index contributed by atoms with van der Waals surface area (Å²) in [5.74, 6) is -0.365. The van der Waals surface area contributed by atoms with E-state index in [9.17, 15) is 13.8 Å². The molecule has 1 unspecified atom stereocenters. The van der Waals surface area contributed by atoms with Gasteiger partial charge in [0.05, 0.1) is 5.41 Å². The SMILES string of the molecule is CS(=O)CCNC(=O)N1CCC(C)(C(=O)O)CC1. The lowest BCUT2D eigenvalue weighted by molar-refractivity contribution is -0.150. The molecule has 0 saturated carbocycles. The summed E-state index contributed by atoms with van der Waals surface area (Å²) < 4.78 is 10.8. The number of carboxylic acids is 1. The molecule has 0 spiro atoms. The van der Waals surface area contributed by atoms with Crippen LogP contribution < -0.4 is 5.32 Å². The van der Waals surface area contributed by atoms with Crippen molar-refractivity contribution >= 4 is 22.8 Å². The largest absolute Gasteiger partial charge is 0.481 e. The van der Waals surface area contributed by atoms with E-state index >= 15 is 0 Å². The first-order chi connectivity index (χ1) is 8.35. The zero-order valence-electron chi connectivity index (χ0n) is 10.8. The Kier molecular flexibility index (Phi) is 5.13. The van der Waals surface area contributed by atoms with Gasteiger partial charge >= 0.3 is 12.0 Å². The second kappa shape index (κ2) is 6.17. The predicted octanol–water partition coefficient (Wildman–Crippen LogP) is 0.261. The Morgan fingerprint density at radius 1 is 1.39 bits per heavy atom. The van der Waals surface area contributed by atoms with E-state index in [0.29, 0.717) is 38.2 Å². The van der Waals surface area contributed by atoms with Crippen LogP contribution in [-0.4, -0.2) is 57.9 Å². The van der Waals surface area contributed by atoms with Crippen molar-refractivity contribution in [2.45, 2.75) is 19.8 Å². The Morgan fingerprint density at radius 2 is 1.94 bits per heavy atom. The Bertz CT molecular complexity index is 351. The number of carbonyl (C=O) groups is 2. The third-order valence-electron chi connectivity index (χ3n) is 3.34. The third kappa shape index (κ3) is 3.97. The van der Waals surface area contributed by atoms with Crippen molar-refractivity contribution in [2.75, 3.05) is 31.6 Å². The molecule has 6 nitrogen and oxygen atoms in total. The smallest absolute Gasteiger partial charge is 0.317 e. The van der Waals surface area contributed by atoms with Gasteiger partial charge in [-0.05, 0) is 19.8 Å². The van der Waals surface area contributed by atoms with E-state index in [4.69, 9.17) is 5.11 Å². The molecule has 0 bridgehead atoms. The normalized spacial score (nSPS) is 20.2. The minimum Gasteiger partial charge on any atom is -0.481 e. The van der Waals surface area contributed by atoms with Gasteiger partial charge in [-0.1, -0.05) is 0 Å². The van der Waals surface area contributed by atoms with Crippen molar-refractivity contribution < 1.29 is 18.9 Å². The van der Waals surface area contributed by atoms with Gasteiger partial charge in [0.2, 0.25) is 0 Å². The lowest BCUT2D eigenvalue weighted by Crippen LogP contribution is -2.49. The average molecular weight is 276 g/mol. The van der Waals surface area contributed by atoms with Crippen molar-refractivity contribution in [1.82, 2.24) is 10.2 Å². The second-order valence-electron chi connectivity index (χ2n) is 4.86. The average Bonchev–Trinajstić information content (AvgIpc) is 2.29. The summed E-state index contributed by atoms with van der Waals surface area (Å²) in [6, 6.07) is -0.201. The molecule has 1 atom stereocenters. The molecule has 0 aromatic rings. The monoisotopic (exact) mass is 276 g/mol. The molecule has 18 heavy (non-hydrogen) atoms. The number of carbonyl (C=O) groups excluding carboxylic acids is 1. The number of nitrogens with zero attached hydrogens (tertiary/aromatic N) is 1. The minimum absolute atomic E-state index is 0.201. The number of aliphatic carboxylic acids is 1. The quantitative estimate of drug-likeness (QED) is 0.771. The van der Waals surface area contributed by atoms with Crippen LogP contribution in [0.3, 0.4) is 0 Å². The van der Waals surface area contributed by atoms with E-state index in [1.165, 1.54) is 0 Å². The van der Waals surface area contributed by atoms with Gasteiger partial charge in [0, 0.05) is 42.4 Å². The highest BCUT2D eigenvalue weighted by molar-refractivity contribution is 7.84. The van der Waals surface area contributed by atoms with E-state index < -0.39 is 22.2 Å². The maximum Gasteiger partial charge on any atom is 0.317 e. The van der Waals surface area contributed by atoms with Crippen molar-refractivity contribution in [1.29, 1.82) is 0 Å². The van der Waals surface area contributed by atoms with Gasteiger partial charge in [-0.3, -0.25) is 9.00 Å². The van der Waals surface area contributed by atoms with E-state index in [-0.39, 0.29) is 6.03 Å². The lowest BCUT2D eigenvalue weighted by atomic mass is 9.80. The van der Waals surface area contributed by atoms with Gasteiger partial charge in [0.25, 0.3) is 0 Å². The fraction of sp³-hybridized carbons (Fsp3) is 0.818. The Hall–Kier alpha value is -1.11. The number of urea groups is 1. The van der Waals surface area contributed by atoms with Crippen molar-refractivity contribution in [3.63, 3.8) is 0 Å². The summed E-state index contributed by atoms with van der Waals surface area (Å²) in [5, 5.41) is 11.8. The summed E-state index contributed by atoms with van der Waals surface area (Å²) in [7, 11) is -0.917. The van der Waals surface area contributed by atoms with Crippen LogP contribution in [-0.2, 0) is 15.6 Å². The summed E-state index contributed by atoms with van der Waals surface area (Å²) in [5.41, 5.74) is -0.721. The number of piperidine rings is 1. The van der Waals surface area contributed by atoms with Crippen LogP contribution in [0, 0.1) is 5.41 Å². The highest BCUT2D eigenvalue weighted by atomic mass is 32.2. The summed E-state index contributed by atoms with van der Waals surface area (Å²) in [6.45, 7) is 2.99. The van der Waals surface area contributed by atoms with Crippen LogP contribution in [0.2, 0.25) is 0 Å². The predicted molar refractivity (Wildman–Crippen MR) is 68.9 cm³/mol. The summed E-state index contributed by atoms with van der Waals surface area (Å²) in [6.07, 6.45) is 2.52. The number of rotatable bonds is 4. The van der Waals surface area contributed by atoms with E-state index in [0.717, 1.165) is 0 Å². The molecule has 0 aromatic carbocycles. The van der Waals surface area contributed by atoms with Crippen LogP contribution in [0.5, 0.6) is 0 Å². The molecule has 1 aliphatic rings. The molecule has 2 N–H and O–H groups in total. The van der Waals surface area contributed by atoms with Gasteiger partial charge in [-0.2, -0.15) is 0 Å². The van der Waals surface area contributed by atoms with Gasteiger partial charge in [-0.15, -0.1) is 0 Å². The molecule has 0 radical (unpaired) electrons. The molecule has 0 aliphatic carbocycles. The fourth-order valence-corrected chi connectivity index (χ4v) is 2.22. The number of hydrogen-bond donors (Lipinski definition) is 2. The molecular weight excluding hydrogens is 256 g/mol. The number of hydrogen-bond acceptors (Lipinski definition) is 3. The molecule has 0 aromatic heterocycles. The molecule has 1 heterocycles. The summed E-state index contributed by atoms with van der Waals surface area (Å²) >= 11 is 0. The molecule has 104 valence electrons. The third-order valence-corrected chi connectivity index (χ3v) is 4.12. The van der Waals surface area contributed by atoms with Crippen LogP contribution in [0.25, 0.3) is 0 Å². The zero-order valence-corrected chi connectivity index (χ0v) is 11.6. The molecular formula is C11H20N2O4S. The van der Waals surface area contributed by atoms with Crippen LogP contribution in [0.1, 0.15) is 19.8 Å². The van der Waals surface area contributed by atoms with Crippen LogP contribution in [0.4, 0.5) is 4.79 Å². The van der Waals surface area contributed by atoms with Crippen molar-refractivity contribution in [2.24, 2.45) is 5.41 Å². The lowest BCUT2D eigenvalue weighted by Gasteiger charge is -2.36. The van der Waals surface area contributed by atoms with Gasteiger partial charge in [0.15, 0.2) is 0 Å². The molecule has 1 aliphatic heterocycles. The maximum atomic E-state index is 11.7. The number of carboxylic acid groups (broad SMARTS) is 1. The van der Waals surface area contributed by atoms with Gasteiger partial charge in [-0.25, -0.2) is 4.79 Å². The second-order valence-corrected chi connectivity index (χ2v) is 6.42. The Balaban J connectivity index is 2.36. The van der Waals surface area contributed by atoms with E-state index in [1.54, 1.807) is 18.1 Å². The number of likely N-dealkylation sites (tertiary alicyclic amines) is 1. The van der Waals surface area contributed by atoms with Crippen molar-refractivity contribution in [3.05, 3.63) is 0 Å². The molecule has 2 amide bonds. The summed E-state index contributed by atoms with van der Waals surface area (Å²) in [4.78, 5) is 24.4. The molecule has 1 fully saturated rings. The van der Waals surface area contributed by atoms with E-state index in [2.05, 4.69) is 5.32 Å². The number of nitrogens with one attached hydrogen (secondary N) is 1. The molecule has 7 heteroatoms. The highest BCUT2D eigenvalue weighted by Crippen LogP contribution is 2.30. The van der Waals surface area contributed by atoms with E-state index in [1.807, 2.05) is 0 Å². The van der Waals surface area contributed by atoms with Crippen molar-refractivity contribution in [3.8, 4) is 0 Å². The Morgan fingerprint density at radius 3 is 2.39 bits per heavy atom. The maximum absolute atomic E-state index is 11.7. The van der Waals surface area contributed by atoms with Crippen LogP contribution >= 0.6 is 0 Å². The highest BCUT2D eigenvalue weighted by Gasteiger charge is 2.37. The first-order valence-corrected chi connectivity index (χ1v) is 7.64. The topological polar surface area (TPSA) is 86.7 Å². The van der Waals surface area contributed by atoms with Gasteiger partial charge in [0.1, 0.15) is 0 Å². The Labute approximate surface area is 109 Å². The zero-order chi connectivity index (χ0) is 13.8. The molecule has 1 rings (SSSR count). The van der Waals surface area contributed by atoms with Crippen LogP contribution in [0.15, 0.2) is 0 Å². The first-order valence-electron chi connectivity index (χ1n) is 5.91. The standard InChI is InChI=1S/C11H20N2O4S/c1-11(9(14)15)3-6-13(7-4-11)10(16)12-5-8-18(2)17/h3-8H2,1-2H3,(H,12,16)(H,14,15). The fourth-order valence-electron chi connectivity index (χ4n) is 1.83. The number of amides is 2. The first kappa shape index (κ1) is 14.9.